The molecule has 1 atom stereocenters. The van der Waals surface area contributed by atoms with E-state index in [0.717, 1.165) is 50.2 Å². The summed E-state index contributed by atoms with van der Waals surface area (Å²) in [4.78, 5) is 30.6. The molecule has 0 aliphatic carbocycles. The number of urea groups is 1. The van der Waals surface area contributed by atoms with Crippen LogP contribution in [0, 0.1) is 5.92 Å². The number of piperidine rings is 1. The van der Waals surface area contributed by atoms with Crippen LogP contribution in [0.25, 0.3) is 0 Å². The highest BCUT2D eigenvalue weighted by Gasteiger charge is 2.52. The number of hydrogen-bond donors (Lipinski definition) is 3. The lowest BCUT2D eigenvalue weighted by Crippen LogP contribution is -2.62. The molecule has 3 amide bonds. The van der Waals surface area contributed by atoms with Crippen molar-refractivity contribution >= 4 is 23.3 Å². The molecule has 0 bridgehead atoms. The van der Waals surface area contributed by atoms with E-state index in [1.807, 2.05) is 0 Å². The topological polar surface area (TPSA) is 103 Å². The summed E-state index contributed by atoms with van der Waals surface area (Å²) in [6.07, 6.45) is 4.16. The maximum absolute atomic E-state index is 13.7. The number of fused-ring (bicyclic) bond motifs is 1. The van der Waals surface area contributed by atoms with E-state index in [9.17, 15) is 14.7 Å². The van der Waals surface area contributed by atoms with E-state index in [-0.39, 0.29) is 17.0 Å². The number of methoxy groups -OCH3 is 2. The van der Waals surface area contributed by atoms with Gasteiger partial charge >= 0.3 is 6.03 Å². The average molecular weight is 559 g/mol. The molecule has 1 fully saturated rings. The molecule has 2 heterocycles. The van der Waals surface area contributed by atoms with Crippen LogP contribution >= 0.6 is 0 Å². The molecule has 0 saturated carbocycles. The van der Waals surface area contributed by atoms with Crippen LogP contribution in [0.5, 0.6) is 11.5 Å². The summed E-state index contributed by atoms with van der Waals surface area (Å²) in [5.74, 6) is 0.807. The lowest BCUT2D eigenvalue weighted by Gasteiger charge is -2.43. The Labute approximate surface area is 241 Å². The largest absolute Gasteiger partial charge is 0.497 e. The third-order valence-corrected chi connectivity index (χ3v) is 8.03. The maximum Gasteiger partial charge on any atom is 0.329 e. The Hall–Kier alpha value is -4.08. The van der Waals surface area contributed by atoms with Gasteiger partial charge in [-0.15, -0.1) is 0 Å². The molecule has 216 valence electrons. The third kappa shape index (κ3) is 6.01. The SMILES string of the molecule is COc1ccc(N2C(=O)Nc3ccccc3[C@]2(O)C(=O)NCCCN2CCC(Cc3ccccc3)CC2)c(OC)c1. The van der Waals surface area contributed by atoms with Crippen LogP contribution in [0.2, 0.25) is 0 Å². The molecule has 0 unspecified atom stereocenters. The molecule has 0 spiro atoms. The quantitative estimate of drug-likeness (QED) is 0.320. The molecule has 41 heavy (non-hydrogen) atoms. The number of hydrogen-bond acceptors (Lipinski definition) is 6. The Morgan fingerprint density at radius 1 is 1.02 bits per heavy atom. The maximum atomic E-state index is 13.7. The van der Waals surface area contributed by atoms with E-state index in [2.05, 4.69) is 45.9 Å². The van der Waals surface area contributed by atoms with Gasteiger partial charge < -0.3 is 30.1 Å². The second-order valence-electron chi connectivity index (χ2n) is 10.6. The number of rotatable bonds is 10. The molecule has 9 heteroatoms. The first-order valence-electron chi connectivity index (χ1n) is 14.1. The fourth-order valence-electron chi connectivity index (χ4n) is 5.80. The van der Waals surface area contributed by atoms with Crippen LogP contribution in [0.3, 0.4) is 0 Å². The van der Waals surface area contributed by atoms with Crippen molar-refractivity contribution < 1.29 is 24.2 Å². The van der Waals surface area contributed by atoms with Crippen LogP contribution in [-0.4, -0.2) is 62.3 Å². The highest BCUT2D eigenvalue weighted by atomic mass is 16.5. The van der Waals surface area contributed by atoms with Gasteiger partial charge in [0.1, 0.15) is 11.5 Å². The Morgan fingerprint density at radius 3 is 2.49 bits per heavy atom. The van der Waals surface area contributed by atoms with Crippen molar-refractivity contribution in [1.82, 2.24) is 10.2 Å². The van der Waals surface area contributed by atoms with Gasteiger partial charge in [-0.2, -0.15) is 0 Å². The molecule has 2 aliphatic heterocycles. The second kappa shape index (κ2) is 12.6. The number of likely N-dealkylation sites (tertiary alicyclic amines) is 1. The Kier molecular flexibility index (Phi) is 8.75. The fraction of sp³-hybridized carbons (Fsp3) is 0.375. The van der Waals surface area contributed by atoms with Gasteiger partial charge in [-0.25, -0.2) is 9.69 Å². The highest BCUT2D eigenvalue weighted by molar-refractivity contribution is 6.12. The number of nitrogens with zero attached hydrogens (tertiary/aromatic N) is 2. The highest BCUT2D eigenvalue weighted by Crippen LogP contribution is 2.43. The number of para-hydroxylation sites is 1. The predicted octanol–water partition coefficient (Wildman–Crippen LogP) is 4.36. The molecule has 5 rings (SSSR count). The summed E-state index contributed by atoms with van der Waals surface area (Å²) in [5.41, 5.74) is -0.0220. The zero-order valence-electron chi connectivity index (χ0n) is 23.6. The number of ether oxygens (including phenoxy) is 2. The zero-order chi connectivity index (χ0) is 28.8. The summed E-state index contributed by atoms with van der Waals surface area (Å²) in [6.45, 7) is 3.29. The van der Waals surface area contributed by atoms with Crippen molar-refractivity contribution in [2.45, 2.75) is 31.4 Å². The number of anilines is 2. The molecule has 0 radical (unpaired) electrons. The average Bonchev–Trinajstić information content (AvgIpc) is 3.00. The molecule has 3 aromatic carbocycles. The molecular formula is C32H38N4O5. The number of aliphatic hydroxyl groups is 1. The van der Waals surface area contributed by atoms with Crippen LogP contribution in [0.4, 0.5) is 16.2 Å². The van der Waals surface area contributed by atoms with Gasteiger partial charge in [0.15, 0.2) is 0 Å². The van der Waals surface area contributed by atoms with Crippen molar-refractivity contribution in [2.75, 3.05) is 50.6 Å². The molecule has 1 saturated heterocycles. The van der Waals surface area contributed by atoms with Crippen molar-refractivity contribution in [3.8, 4) is 11.5 Å². The first-order valence-corrected chi connectivity index (χ1v) is 14.1. The van der Waals surface area contributed by atoms with Gasteiger partial charge in [-0.05, 0) is 75.0 Å². The van der Waals surface area contributed by atoms with Crippen molar-refractivity contribution in [1.29, 1.82) is 0 Å². The van der Waals surface area contributed by atoms with Crippen LogP contribution in [0.15, 0.2) is 72.8 Å². The van der Waals surface area contributed by atoms with Crippen LogP contribution in [-0.2, 0) is 16.9 Å². The van der Waals surface area contributed by atoms with Gasteiger partial charge in [0.2, 0.25) is 0 Å². The lowest BCUT2D eigenvalue weighted by atomic mass is 9.90. The van der Waals surface area contributed by atoms with E-state index in [0.29, 0.717) is 23.9 Å². The third-order valence-electron chi connectivity index (χ3n) is 8.03. The monoisotopic (exact) mass is 558 g/mol. The standard InChI is InChI=1S/C32H38N4O5/c1-40-25-13-14-28(29(22-25)41-2)36-31(38)34-27-12-7-6-11-26(27)32(36,39)30(37)33-17-8-18-35-19-15-24(16-20-35)21-23-9-4-3-5-10-23/h3-7,9-14,22,24,39H,8,15-21H2,1-2H3,(H,33,37)(H,34,38)/t32-/m0/s1. The molecule has 9 nitrogen and oxygen atoms in total. The minimum Gasteiger partial charge on any atom is -0.497 e. The van der Waals surface area contributed by atoms with E-state index >= 15 is 0 Å². The molecule has 3 N–H and O–H groups in total. The Bertz CT molecular complexity index is 1360. The van der Waals surface area contributed by atoms with Crippen molar-refractivity contribution in [3.05, 3.63) is 83.9 Å². The zero-order valence-corrected chi connectivity index (χ0v) is 23.6. The van der Waals surface area contributed by atoms with E-state index in [1.165, 1.54) is 19.8 Å². The minimum atomic E-state index is -2.30. The van der Waals surface area contributed by atoms with Gasteiger partial charge in [-0.1, -0.05) is 48.5 Å². The molecule has 0 aromatic heterocycles. The smallest absolute Gasteiger partial charge is 0.329 e. The molecule has 2 aliphatic rings. The summed E-state index contributed by atoms with van der Waals surface area (Å²) in [7, 11) is 2.98. The van der Waals surface area contributed by atoms with Gasteiger partial charge in [0.25, 0.3) is 11.6 Å². The van der Waals surface area contributed by atoms with Gasteiger partial charge in [-0.3, -0.25) is 4.79 Å². The number of carbonyl (C=O) groups is 2. The first-order chi connectivity index (χ1) is 19.9. The van der Waals surface area contributed by atoms with E-state index in [4.69, 9.17) is 9.47 Å². The summed E-state index contributed by atoms with van der Waals surface area (Å²) in [5, 5.41) is 17.7. The normalized spacial score (nSPS) is 19.3. The van der Waals surface area contributed by atoms with E-state index < -0.39 is 17.7 Å². The fourth-order valence-corrected chi connectivity index (χ4v) is 5.80. The summed E-state index contributed by atoms with van der Waals surface area (Å²) < 4.78 is 10.8. The second-order valence-corrected chi connectivity index (χ2v) is 10.6. The Balaban J connectivity index is 1.24. The minimum absolute atomic E-state index is 0.233. The van der Waals surface area contributed by atoms with Crippen LogP contribution in [0.1, 0.15) is 30.4 Å². The number of nitrogens with one attached hydrogen (secondary N) is 2. The van der Waals surface area contributed by atoms with Crippen LogP contribution < -0.4 is 25.0 Å². The lowest BCUT2D eigenvalue weighted by molar-refractivity contribution is -0.140. The number of carbonyl (C=O) groups excluding carboxylic acids is 2. The summed E-state index contributed by atoms with van der Waals surface area (Å²) in [6, 6.07) is 21.6. The Morgan fingerprint density at radius 2 is 1.76 bits per heavy atom. The number of amides is 3. The molecule has 3 aromatic rings. The van der Waals surface area contributed by atoms with Crippen molar-refractivity contribution in [2.24, 2.45) is 5.92 Å². The van der Waals surface area contributed by atoms with Gasteiger partial charge in [0, 0.05) is 18.2 Å². The number of benzene rings is 3. The first kappa shape index (κ1) is 28.4. The predicted molar refractivity (Wildman–Crippen MR) is 158 cm³/mol. The molecular weight excluding hydrogens is 520 g/mol. The van der Waals surface area contributed by atoms with E-state index in [1.54, 1.807) is 42.5 Å². The summed E-state index contributed by atoms with van der Waals surface area (Å²) >= 11 is 0. The van der Waals surface area contributed by atoms with Crippen molar-refractivity contribution in [3.63, 3.8) is 0 Å². The van der Waals surface area contributed by atoms with Gasteiger partial charge in [0.05, 0.1) is 25.6 Å².